The molecule has 0 aliphatic carbocycles. The van der Waals surface area contributed by atoms with Crippen LogP contribution in [0.5, 0.6) is 11.5 Å². The lowest BCUT2D eigenvalue weighted by atomic mass is 10.1. The van der Waals surface area contributed by atoms with Crippen molar-refractivity contribution in [2.45, 2.75) is 23.6 Å². The molecule has 0 aliphatic heterocycles. The summed E-state index contributed by atoms with van der Waals surface area (Å²) in [6, 6.07) is 23.2. The Balaban J connectivity index is 1.52. The van der Waals surface area contributed by atoms with Gasteiger partial charge in [-0.05, 0) is 80.6 Å². The molecule has 11 heteroatoms. The minimum absolute atomic E-state index is 0.0237. The van der Waals surface area contributed by atoms with Crippen molar-refractivity contribution in [3.8, 4) is 11.5 Å². The van der Waals surface area contributed by atoms with Crippen molar-refractivity contribution in [2.75, 3.05) is 16.6 Å². The summed E-state index contributed by atoms with van der Waals surface area (Å²) in [7, 11) is -6.54. The van der Waals surface area contributed by atoms with Crippen LogP contribution in [0.15, 0.2) is 101 Å². The smallest absolute Gasteiger partial charge is 0.340 e. The van der Waals surface area contributed by atoms with E-state index in [0.717, 1.165) is 11.1 Å². The SMILES string of the molecule is COC(=O)c1cc(Oc2ccc(NS(=O)(=O)c3ccc(C)cc3)cc2)ccc1NS(=O)(=O)c1ccc(C)cc1. The van der Waals surface area contributed by atoms with Crippen LogP contribution in [0, 0.1) is 13.8 Å². The van der Waals surface area contributed by atoms with Gasteiger partial charge in [-0.3, -0.25) is 9.44 Å². The molecular formula is C28H26N2O7S2. The predicted octanol–water partition coefficient (Wildman–Crippen LogP) is 5.48. The molecule has 9 nitrogen and oxygen atoms in total. The van der Waals surface area contributed by atoms with E-state index in [9.17, 15) is 21.6 Å². The van der Waals surface area contributed by atoms with Gasteiger partial charge in [-0.25, -0.2) is 21.6 Å². The summed E-state index contributed by atoms with van der Waals surface area (Å²) >= 11 is 0. The van der Waals surface area contributed by atoms with Crippen LogP contribution in [0.4, 0.5) is 11.4 Å². The lowest BCUT2D eigenvalue weighted by molar-refractivity contribution is 0.0601. The normalized spacial score (nSPS) is 11.5. The van der Waals surface area contributed by atoms with Gasteiger partial charge in [0, 0.05) is 5.69 Å². The number of methoxy groups -OCH3 is 1. The Bertz CT molecular complexity index is 1700. The highest BCUT2D eigenvalue weighted by Crippen LogP contribution is 2.30. The average molecular weight is 567 g/mol. The van der Waals surface area contributed by atoms with E-state index in [2.05, 4.69) is 9.44 Å². The Hall–Kier alpha value is -4.35. The molecule has 39 heavy (non-hydrogen) atoms. The van der Waals surface area contributed by atoms with Crippen molar-refractivity contribution in [1.82, 2.24) is 0 Å². The fourth-order valence-corrected chi connectivity index (χ4v) is 5.67. The van der Waals surface area contributed by atoms with Gasteiger partial charge in [0.2, 0.25) is 0 Å². The zero-order chi connectivity index (χ0) is 28.2. The van der Waals surface area contributed by atoms with Crippen molar-refractivity contribution in [1.29, 1.82) is 0 Å². The number of hydrogen-bond donors (Lipinski definition) is 2. The number of rotatable bonds is 9. The van der Waals surface area contributed by atoms with Crippen LogP contribution in [0.3, 0.4) is 0 Å². The third-order valence-electron chi connectivity index (χ3n) is 5.65. The molecule has 0 spiro atoms. The molecule has 0 saturated carbocycles. The number of esters is 1. The molecule has 0 unspecified atom stereocenters. The van der Waals surface area contributed by atoms with Crippen molar-refractivity contribution in [2.24, 2.45) is 0 Å². The molecular weight excluding hydrogens is 540 g/mol. The molecule has 0 atom stereocenters. The Morgan fingerprint density at radius 3 is 1.64 bits per heavy atom. The third kappa shape index (κ3) is 6.75. The van der Waals surface area contributed by atoms with Crippen molar-refractivity contribution in [3.63, 3.8) is 0 Å². The first kappa shape index (κ1) is 27.7. The Labute approximate surface area is 227 Å². The van der Waals surface area contributed by atoms with Gasteiger partial charge in [0.1, 0.15) is 11.5 Å². The molecule has 0 heterocycles. The molecule has 4 aromatic carbocycles. The first-order valence-corrected chi connectivity index (χ1v) is 14.6. The first-order valence-electron chi connectivity index (χ1n) is 11.7. The third-order valence-corrected chi connectivity index (χ3v) is 8.42. The number of carbonyl (C=O) groups excluding carboxylic acids is 1. The lowest BCUT2D eigenvalue weighted by Crippen LogP contribution is -2.16. The summed E-state index contributed by atoms with van der Waals surface area (Å²) in [5, 5.41) is 0. The number of carbonyl (C=O) groups is 1. The van der Waals surface area contributed by atoms with E-state index in [0.29, 0.717) is 11.4 Å². The Morgan fingerprint density at radius 1 is 0.641 bits per heavy atom. The van der Waals surface area contributed by atoms with Crippen LogP contribution < -0.4 is 14.2 Å². The van der Waals surface area contributed by atoms with Crippen LogP contribution in [-0.2, 0) is 24.8 Å². The Morgan fingerprint density at radius 2 is 1.13 bits per heavy atom. The number of aryl methyl sites for hydroxylation is 2. The molecule has 0 aromatic heterocycles. The highest BCUT2D eigenvalue weighted by atomic mass is 32.2. The van der Waals surface area contributed by atoms with Crippen LogP contribution in [0.1, 0.15) is 21.5 Å². The van der Waals surface area contributed by atoms with Crippen molar-refractivity contribution >= 4 is 37.4 Å². The first-order chi connectivity index (χ1) is 18.5. The van der Waals surface area contributed by atoms with Crippen LogP contribution in [0.2, 0.25) is 0 Å². The molecule has 0 aliphatic rings. The molecule has 0 bridgehead atoms. The minimum Gasteiger partial charge on any atom is -0.465 e. The van der Waals surface area contributed by atoms with Gasteiger partial charge in [0.15, 0.2) is 0 Å². The number of sulfonamides is 2. The van der Waals surface area contributed by atoms with Gasteiger partial charge in [0.05, 0.1) is 28.2 Å². The quantitative estimate of drug-likeness (QED) is 0.257. The monoisotopic (exact) mass is 566 g/mol. The van der Waals surface area contributed by atoms with Gasteiger partial charge < -0.3 is 9.47 Å². The summed E-state index contributed by atoms with van der Waals surface area (Å²) in [5.41, 5.74) is 2.16. The van der Waals surface area contributed by atoms with Gasteiger partial charge in [-0.2, -0.15) is 0 Å². The maximum Gasteiger partial charge on any atom is 0.340 e. The predicted molar refractivity (Wildman–Crippen MR) is 148 cm³/mol. The number of hydrogen-bond acceptors (Lipinski definition) is 7. The summed E-state index contributed by atoms with van der Waals surface area (Å²) in [6.45, 7) is 3.71. The average Bonchev–Trinajstić information content (AvgIpc) is 2.90. The maximum absolute atomic E-state index is 12.8. The molecule has 0 radical (unpaired) electrons. The van der Waals surface area contributed by atoms with E-state index >= 15 is 0 Å². The highest BCUT2D eigenvalue weighted by Gasteiger charge is 2.20. The van der Waals surface area contributed by atoms with E-state index < -0.39 is 26.0 Å². The Kier molecular flexibility index (Phi) is 7.93. The van der Waals surface area contributed by atoms with Gasteiger partial charge in [-0.1, -0.05) is 35.4 Å². The van der Waals surface area contributed by atoms with Crippen molar-refractivity contribution in [3.05, 3.63) is 108 Å². The second-order valence-electron chi connectivity index (χ2n) is 8.66. The van der Waals surface area contributed by atoms with E-state index in [-0.39, 0.29) is 26.8 Å². The molecule has 0 saturated heterocycles. The zero-order valence-corrected chi connectivity index (χ0v) is 23.0. The molecule has 4 rings (SSSR count). The standard InChI is InChI=1S/C28H26N2O7S2/c1-19-4-13-24(14-5-19)38(32,33)29-21-8-10-22(11-9-21)37-23-12-17-27(26(18-23)28(31)36-3)30-39(34,35)25-15-6-20(2)7-16-25/h4-18,29-30H,1-3H3. The fraction of sp³-hybridized carbons (Fsp3) is 0.107. The topological polar surface area (TPSA) is 128 Å². The van der Waals surface area contributed by atoms with E-state index in [4.69, 9.17) is 9.47 Å². The molecule has 0 fully saturated rings. The second-order valence-corrected chi connectivity index (χ2v) is 12.0. The van der Waals surface area contributed by atoms with Crippen molar-refractivity contribution < 1.29 is 31.1 Å². The molecule has 202 valence electrons. The van der Waals surface area contributed by atoms with Gasteiger partial charge >= 0.3 is 5.97 Å². The summed E-state index contributed by atoms with van der Waals surface area (Å²) in [6.07, 6.45) is 0. The largest absolute Gasteiger partial charge is 0.465 e. The van der Waals surface area contributed by atoms with Crippen LogP contribution in [-0.4, -0.2) is 29.9 Å². The highest BCUT2D eigenvalue weighted by molar-refractivity contribution is 7.93. The summed E-state index contributed by atoms with van der Waals surface area (Å²) < 4.78 is 66.5. The van der Waals surface area contributed by atoms with Gasteiger partial charge in [-0.15, -0.1) is 0 Å². The molecule has 2 N–H and O–H groups in total. The zero-order valence-electron chi connectivity index (χ0n) is 21.3. The number of nitrogens with one attached hydrogen (secondary N) is 2. The summed E-state index contributed by atoms with van der Waals surface area (Å²) in [5.74, 6) is -0.165. The van der Waals surface area contributed by atoms with E-state index in [1.54, 1.807) is 36.4 Å². The summed E-state index contributed by atoms with van der Waals surface area (Å²) in [4.78, 5) is 12.6. The number of benzene rings is 4. The second kappa shape index (κ2) is 11.2. The molecule has 0 amide bonds. The van der Waals surface area contributed by atoms with E-state index in [1.807, 2.05) is 13.8 Å². The van der Waals surface area contributed by atoms with Crippen LogP contribution >= 0.6 is 0 Å². The minimum atomic E-state index is -3.96. The van der Waals surface area contributed by atoms with Gasteiger partial charge in [0.25, 0.3) is 20.0 Å². The fourth-order valence-electron chi connectivity index (χ4n) is 3.53. The number of anilines is 2. The molecule has 4 aromatic rings. The lowest BCUT2D eigenvalue weighted by Gasteiger charge is -2.14. The van der Waals surface area contributed by atoms with E-state index in [1.165, 1.54) is 61.7 Å². The van der Waals surface area contributed by atoms with Crippen LogP contribution in [0.25, 0.3) is 0 Å². The maximum atomic E-state index is 12.8. The number of ether oxygens (including phenoxy) is 2.